The van der Waals surface area contributed by atoms with Gasteiger partial charge in [-0.2, -0.15) is 0 Å². The van der Waals surface area contributed by atoms with Gasteiger partial charge in [-0.1, -0.05) is 15.9 Å². The molecule has 68 valence electrons. The quantitative estimate of drug-likeness (QED) is 0.589. The molecule has 1 aromatic rings. The lowest BCUT2D eigenvalue weighted by Crippen LogP contribution is -1.99. The summed E-state index contributed by atoms with van der Waals surface area (Å²) in [5.41, 5.74) is 1.87. The maximum Gasteiger partial charge on any atom is 0.160 e. The van der Waals surface area contributed by atoms with Crippen molar-refractivity contribution in [2.24, 2.45) is 0 Å². The number of hydrogen-bond acceptors (Lipinski definition) is 2. The van der Waals surface area contributed by atoms with Crippen molar-refractivity contribution in [2.75, 3.05) is 0 Å². The number of Topliss-reactive ketones (excluding diaryl/α,β-unsaturated/α-hetero) is 1. The SMILES string of the molecule is CC(=O)c1cc(Br)c(C)cc1C=O. The summed E-state index contributed by atoms with van der Waals surface area (Å²) in [5.74, 6) is -0.0946. The molecule has 13 heavy (non-hydrogen) atoms. The van der Waals surface area contributed by atoms with Crippen molar-refractivity contribution in [2.45, 2.75) is 13.8 Å². The van der Waals surface area contributed by atoms with Crippen molar-refractivity contribution in [1.82, 2.24) is 0 Å². The number of hydrogen-bond donors (Lipinski definition) is 0. The topological polar surface area (TPSA) is 34.1 Å². The molecule has 0 saturated heterocycles. The highest BCUT2D eigenvalue weighted by Crippen LogP contribution is 2.20. The summed E-state index contributed by atoms with van der Waals surface area (Å²) in [7, 11) is 0. The standard InChI is InChI=1S/C10H9BrO2/c1-6-3-8(5-12)9(7(2)13)4-10(6)11/h3-5H,1-2H3. The van der Waals surface area contributed by atoms with Gasteiger partial charge in [-0.15, -0.1) is 0 Å². The molecule has 0 spiro atoms. The number of carbonyl (C=O) groups is 2. The van der Waals surface area contributed by atoms with Crippen LogP contribution in [0.4, 0.5) is 0 Å². The fourth-order valence-corrected chi connectivity index (χ4v) is 1.45. The molecule has 0 aliphatic heterocycles. The molecular weight excluding hydrogens is 232 g/mol. The molecule has 0 heterocycles. The fourth-order valence-electron chi connectivity index (χ4n) is 1.11. The molecule has 3 heteroatoms. The maximum atomic E-state index is 11.1. The Morgan fingerprint density at radius 2 is 2.08 bits per heavy atom. The van der Waals surface area contributed by atoms with Crippen LogP contribution < -0.4 is 0 Å². The van der Waals surface area contributed by atoms with Crippen LogP contribution in [0.5, 0.6) is 0 Å². The highest BCUT2D eigenvalue weighted by Gasteiger charge is 2.08. The number of aryl methyl sites for hydroxylation is 1. The summed E-state index contributed by atoms with van der Waals surface area (Å²) in [6.07, 6.45) is 0.705. The zero-order valence-electron chi connectivity index (χ0n) is 7.43. The minimum absolute atomic E-state index is 0.0946. The third kappa shape index (κ3) is 2.04. The van der Waals surface area contributed by atoms with Crippen molar-refractivity contribution < 1.29 is 9.59 Å². The fraction of sp³-hybridized carbons (Fsp3) is 0.200. The Kier molecular flexibility index (Phi) is 2.98. The first-order valence-electron chi connectivity index (χ1n) is 3.82. The lowest BCUT2D eigenvalue weighted by atomic mass is 10.0. The Morgan fingerprint density at radius 3 is 2.54 bits per heavy atom. The summed E-state index contributed by atoms with van der Waals surface area (Å²) in [5, 5.41) is 0. The van der Waals surface area contributed by atoms with E-state index in [2.05, 4.69) is 15.9 Å². The van der Waals surface area contributed by atoms with Crippen molar-refractivity contribution in [3.05, 3.63) is 33.3 Å². The highest BCUT2D eigenvalue weighted by atomic mass is 79.9. The second kappa shape index (κ2) is 3.83. The van der Waals surface area contributed by atoms with E-state index in [0.29, 0.717) is 17.4 Å². The van der Waals surface area contributed by atoms with E-state index >= 15 is 0 Å². The van der Waals surface area contributed by atoms with Gasteiger partial charge < -0.3 is 0 Å². The van der Waals surface area contributed by atoms with Gasteiger partial charge in [0.05, 0.1) is 0 Å². The summed E-state index contributed by atoms with van der Waals surface area (Å²) >= 11 is 3.31. The van der Waals surface area contributed by atoms with E-state index in [9.17, 15) is 9.59 Å². The molecule has 0 N–H and O–H groups in total. The van der Waals surface area contributed by atoms with Crippen LogP contribution in [0.15, 0.2) is 16.6 Å². The molecule has 0 saturated carbocycles. The van der Waals surface area contributed by atoms with Crippen molar-refractivity contribution in [3.63, 3.8) is 0 Å². The van der Waals surface area contributed by atoms with Crippen molar-refractivity contribution >= 4 is 28.0 Å². The molecular formula is C10H9BrO2. The Labute approximate surface area is 85.1 Å². The lowest BCUT2D eigenvalue weighted by molar-refractivity contribution is 0.100. The number of aldehydes is 1. The monoisotopic (exact) mass is 240 g/mol. The Balaban J connectivity index is 3.41. The molecule has 0 aromatic heterocycles. The number of carbonyl (C=O) groups excluding carboxylic acids is 2. The third-order valence-corrected chi connectivity index (χ3v) is 2.69. The molecule has 0 fully saturated rings. The molecule has 0 aliphatic carbocycles. The summed E-state index contributed by atoms with van der Waals surface area (Å²) < 4.78 is 0.850. The van der Waals surface area contributed by atoms with Crippen molar-refractivity contribution in [3.8, 4) is 0 Å². The van der Waals surface area contributed by atoms with E-state index in [1.54, 1.807) is 12.1 Å². The average Bonchev–Trinajstić information content (AvgIpc) is 2.08. The second-order valence-electron chi connectivity index (χ2n) is 2.86. The van der Waals surface area contributed by atoms with Gasteiger partial charge in [0.2, 0.25) is 0 Å². The van der Waals surface area contributed by atoms with Gasteiger partial charge in [0.15, 0.2) is 12.1 Å². The molecule has 0 amide bonds. The van der Waals surface area contributed by atoms with Gasteiger partial charge >= 0.3 is 0 Å². The van der Waals surface area contributed by atoms with Gasteiger partial charge in [0, 0.05) is 15.6 Å². The van der Waals surface area contributed by atoms with E-state index in [-0.39, 0.29) is 5.78 Å². The van der Waals surface area contributed by atoms with Gasteiger partial charge in [-0.3, -0.25) is 9.59 Å². The van der Waals surface area contributed by atoms with Crippen LogP contribution in [0, 0.1) is 6.92 Å². The second-order valence-corrected chi connectivity index (χ2v) is 3.72. The minimum Gasteiger partial charge on any atom is -0.298 e. The largest absolute Gasteiger partial charge is 0.298 e. The Bertz CT molecular complexity index is 369. The molecule has 1 rings (SSSR count). The summed E-state index contributed by atoms with van der Waals surface area (Å²) in [6, 6.07) is 3.38. The smallest absolute Gasteiger partial charge is 0.160 e. The molecule has 0 atom stereocenters. The van der Waals surface area contributed by atoms with Crippen LogP contribution in [0.1, 0.15) is 33.2 Å². The summed E-state index contributed by atoms with van der Waals surface area (Å²) in [4.78, 5) is 21.7. The molecule has 1 aromatic carbocycles. The zero-order chi connectivity index (χ0) is 10.0. The molecule has 2 nitrogen and oxygen atoms in total. The van der Waals surface area contributed by atoms with Gasteiger partial charge in [-0.05, 0) is 31.5 Å². The third-order valence-electron chi connectivity index (χ3n) is 1.84. The first-order chi connectivity index (χ1) is 6.06. The number of rotatable bonds is 2. The predicted octanol–water partition coefficient (Wildman–Crippen LogP) is 2.77. The maximum absolute atomic E-state index is 11.1. The normalized spacial score (nSPS) is 9.77. The average molecular weight is 241 g/mol. The van der Waals surface area contributed by atoms with Crippen LogP contribution in [0.25, 0.3) is 0 Å². The van der Waals surface area contributed by atoms with E-state index < -0.39 is 0 Å². The first kappa shape index (κ1) is 10.1. The minimum atomic E-state index is -0.0946. The van der Waals surface area contributed by atoms with Gasteiger partial charge in [0.25, 0.3) is 0 Å². The van der Waals surface area contributed by atoms with Crippen LogP contribution in [-0.2, 0) is 0 Å². The van der Waals surface area contributed by atoms with E-state index in [1.165, 1.54) is 6.92 Å². The lowest BCUT2D eigenvalue weighted by Gasteiger charge is -2.04. The van der Waals surface area contributed by atoms with Crippen LogP contribution in [0.2, 0.25) is 0 Å². The molecule has 0 aliphatic rings. The summed E-state index contributed by atoms with van der Waals surface area (Å²) in [6.45, 7) is 3.32. The van der Waals surface area contributed by atoms with E-state index in [1.807, 2.05) is 6.92 Å². The van der Waals surface area contributed by atoms with E-state index in [4.69, 9.17) is 0 Å². The first-order valence-corrected chi connectivity index (χ1v) is 4.62. The number of ketones is 1. The van der Waals surface area contributed by atoms with E-state index in [0.717, 1.165) is 10.0 Å². The Morgan fingerprint density at radius 1 is 1.46 bits per heavy atom. The molecule has 0 unspecified atom stereocenters. The highest BCUT2D eigenvalue weighted by molar-refractivity contribution is 9.10. The molecule has 0 radical (unpaired) electrons. The zero-order valence-corrected chi connectivity index (χ0v) is 9.01. The van der Waals surface area contributed by atoms with Gasteiger partial charge in [0.1, 0.15) is 0 Å². The number of halogens is 1. The predicted molar refractivity (Wildman–Crippen MR) is 54.3 cm³/mol. The van der Waals surface area contributed by atoms with Crippen LogP contribution >= 0.6 is 15.9 Å². The Hall–Kier alpha value is -0.960. The van der Waals surface area contributed by atoms with Crippen LogP contribution in [0.3, 0.4) is 0 Å². The molecule has 0 bridgehead atoms. The van der Waals surface area contributed by atoms with Gasteiger partial charge in [-0.25, -0.2) is 0 Å². The van der Waals surface area contributed by atoms with Crippen LogP contribution in [-0.4, -0.2) is 12.1 Å². The number of benzene rings is 1. The van der Waals surface area contributed by atoms with Crippen molar-refractivity contribution in [1.29, 1.82) is 0 Å².